The Balaban J connectivity index is 1.19. The second-order valence-corrected chi connectivity index (χ2v) is 11.9. The van der Waals surface area contributed by atoms with E-state index in [2.05, 4.69) is 28.9 Å². The molecule has 8 heteroatoms. The van der Waals surface area contributed by atoms with E-state index in [4.69, 9.17) is 18.9 Å². The molecule has 2 aliphatic heterocycles. The van der Waals surface area contributed by atoms with E-state index < -0.39 is 5.60 Å². The fraction of sp³-hybridized carbons (Fsp3) is 0.643. The van der Waals surface area contributed by atoms with Crippen molar-refractivity contribution in [3.63, 3.8) is 0 Å². The van der Waals surface area contributed by atoms with Gasteiger partial charge in [-0.15, -0.1) is 0 Å². The monoisotopic (exact) mass is 516 g/mol. The fourth-order valence-electron chi connectivity index (χ4n) is 4.82. The molecule has 0 amide bonds. The lowest BCUT2D eigenvalue weighted by atomic mass is 9.74. The Bertz CT molecular complexity index is 1010. The van der Waals surface area contributed by atoms with E-state index in [-0.39, 0.29) is 11.4 Å². The minimum atomic E-state index is -0.426. The molecule has 0 radical (unpaired) electrons. The number of likely N-dealkylation sites (tertiary alicyclic amines) is 1. The number of nitrogens with zero attached hydrogens (tertiary/aromatic N) is 2. The van der Waals surface area contributed by atoms with Crippen LogP contribution >= 0.6 is 11.3 Å². The van der Waals surface area contributed by atoms with E-state index in [0.717, 1.165) is 73.3 Å². The number of hydrogen-bond donors (Lipinski definition) is 0. The van der Waals surface area contributed by atoms with Gasteiger partial charge in [0.1, 0.15) is 17.1 Å². The third-order valence-corrected chi connectivity index (χ3v) is 7.66. The number of benzene rings is 1. The molecule has 2 aromatic rings. The SMILES string of the molecule is CCCc1ncc(OCCCOc2ccc3c(c2)OCC32CCN(CCC(=O)OC(C)(C)C)CC2)s1. The predicted octanol–water partition coefficient (Wildman–Crippen LogP) is 5.40. The number of piperidine rings is 1. The zero-order valence-corrected chi connectivity index (χ0v) is 23.0. The topological polar surface area (TPSA) is 70.1 Å². The quantitative estimate of drug-likeness (QED) is 0.292. The van der Waals surface area contributed by atoms with Crippen LogP contribution in [0.15, 0.2) is 24.4 Å². The molecule has 1 fully saturated rings. The molecule has 2 aliphatic rings. The van der Waals surface area contributed by atoms with Gasteiger partial charge in [-0.25, -0.2) is 4.98 Å². The van der Waals surface area contributed by atoms with Gasteiger partial charge in [0.15, 0.2) is 5.06 Å². The van der Waals surface area contributed by atoms with Gasteiger partial charge in [0.25, 0.3) is 0 Å². The van der Waals surface area contributed by atoms with Gasteiger partial charge in [-0.3, -0.25) is 4.79 Å². The third-order valence-electron chi connectivity index (χ3n) is 6.69. The summed E-state index contributed by atoms with van der Waals surface area (Å²) in [4.78, 5) is 18.8. The number of aromatic nitrogens is 1. The lowest BCUT2D eigenvalue weighted by Crippen LogP contribution is -2.44. The van der Waals surface area contributed by atoms with Crippen molar-refractivity contribution < 1.29 is 23.7 Å². The minimum absolute atomic E-state index is 0.0650. The van der Waals surface area contributed by atoms with Crippen LogP contribution in [0.1, 0.15) is 70.4 Å². The van der Waals surface area contributed by atoms with Gasteiger partial charge in [-0.2, -0.15) is 0 Å². The molecule has 3 heterocycles. The van der Waals surface area contributed by atoms with E-state index in [1.54, 1.807) is 11.3 Å². The molecule has 36 heavy (non-hydrogen) atoms. The van der Waals surface area contributed by atoms with Crippen molar-refractivity contribution >= 4 is 17.3 Å². The zero-order chi connectivity index (χ0) is 25.6. The van der Waals surface area contributed by atoms with Crippen molar-refractivity contribution in [3.05, 3.63) is 35.0 Å². The van der Waals surface area contributed by atoms with Crippen molar-refractivity contribution in [3.8, 4) is 16.6 Å². The summed E-state index contributed by atoms with van der Waals surface area (Å²) in [6.07, 6.45) is 7.23. The van der Waals surface area contributed by atoms with Gasteiger partial charge in [-0.1, -0.05) is 24.3 Å². The molecular weight excluding hydrogens is 476 g/mol. The number of esters is 1. The molecule has 4 rings (SSSR count). The van der Waals surface area contributed by atoms with Crippen LogP contribution in [0.5, 0.6) is 16.6 Å². The van der Waals surface area contributed by atoms with Crippen LogP contribution in [-0.4, -0.2) is 60.9 Å². The van der Waals surface area contributed by atoms with Crippen LogP contribution in [0.3, 0.4) is 0 Å². The van der Waals surface area contributed by atoms with Gasteiger partial charge in [0.2, 0.25) is 0 Å². The minimum Gasteiger partial charge on any atom is -0.493 e. The highest BCUT2D eigenvalue weighted by molar-refractivity contribution is 7.13. The van der Waals surface area contributed by atoms with Crippen molar-refractivity contribution in [2.75, 3.05) is 39.5 Å². The first-order valence-corrected chi connectivity index (χ1v) is 14.0. The Kier molecular flexibility index (Phi) is 8.78. The number of hydrogen-bond acceptors (Lipinski definition) is 8. The Hall–Kier alpha value is -2.32. The molecule has 198 valence electrons. The number of ether oxygens (including phenoxy) is 4. The van der Waals surface area contributed by atoms with E-state index in [1.807, 2.05) is 33.0 Å². The largest absolute Gasteiger partial charge is 0.493 e. The maximum absolute atomic E-state index is 12.1. The summed E-state index contributed by atoms with van der Waals surface area (Å²) in [5.74, 6) is 1.66. The van der Waals surface area contributed by atoms with Gasteiger partial charge in [0, 0.05) is 30.0 Å². The molecular formula is C28H40N2O5S. The summed E-state index contributed by atoms with van der Waals surface area (Å²) >= 11 is 1.63. The number of carbonyl (C=O) groups is 1. The van der Waals surface area contributed by atoms with Crippen LogP contribution in [0.25, 0.3) is 0 Å². The Morgan fingerprint density at radius 2 is 1.97 bits per heavy atom. The van der Waals surface area contributed by atoms with Crippen molar-refractivity contribution in [2.45, 2.75) is 77.2 Å². The number of fused-ring (bicyclic) bond motifs is 2. The Morgan fingerprint density at radius 3 is 2.72 bits per heavy atom. The van der Waals surface area contributed by atoms with Gasteiger partial charge in [0.05, 0.1) is 37.4 Å². The first kappa shape index (κ1) is 26.7. The van der Waals surface area contributed by atoms with E-state index >= 15 is 0 Å². The molecule has 0 atom stereocenters. The lowest BCUT2D eigenvalue weighted by Gasteiger charge is -2.38. The predicted molar refractivity (Wildman–Crippen MR) is 141 cm³/mol. The average molecular weight is 517 g/mol. The van der Waals surface area contributed by atoms with E-state index in [1.165, 1.54) is 5.56 Å². The number of rotatable bonds is 11. The van der Waals surface area contributed by atoms with Crippen LogP contribution in [0.2, 0.25) is 0 Å². The van der Waals surface area contributed by atoms with Crippen LogP contribution < -0.4 is 14.2 Å². The normalized spacial score (nSPS) is 17.0. The first-order valence-electron chi connectivity index (χ1n) is 13.2. The summed E-state index contributed by atoms with van der Waals surface area (Å²) in [5.41, 5.74) is 0.929. The second kappa shape index (κ2) is 11.8. The Morgan fingerprint density at radius 1 is 1.19 bits per heavy atom. The second-order valence-electron chi connectivity index (χ2n) is 10.8. The summed E-state index contributed by atoms with van der Waals surface area (Å²) in [5, 5.41) is 2.01. The standard InChI is InChI=1S/C28H40N2O5S/c1-5-7-24-29-19-26(36-24)33-17-6-16-32-21-8-9-22-23(18-21)34-20-28(22)11-14-30(15-12-28)13-10-25(31)35-27(2,3)4/h8-9,18-19H,5-7,10-17,20H2,1-4H3. The van der Waals surface area contributed by atoms with E-state index in [9.17, 15) is 4.79 Å². The fourth-order valence-corrected chi connectivity index (χ4v) is 5.71. The zero-order valence-electron chi connectivity index (χ0n) is 22.1. The summed E-state index contributed by atoms with van der Waals surface area (Å²) < 4.78 is 23.3. The average Bonchev–Trinajstić information content (AvgIpc) is 3.42. The molecule has 0 aliphatic carbocycles. The molecule has 1 saturated heterocycles. The number of carbonyl (C=O) groups excluding carboxylic acids is 1. The summed E-state index contributed by atoms with van der Waals surface area (Å²) in [7, 11) is 0. The maximum atomic E-state index is 12.1. The van der Waals surface area contributed by atoms with Crippen LogP contribution in [-0.2, 0) is 21.4 Å². The highest BCUT2D eigenvalue weighted by Crippen LogP contribution is 2.46. The van der Waals surface area contributed by atoms with Crippen LogP contribution in [0, 0.1) is 0 Å². The number of thiazole rings is 1. The molecule has 7 nitrogen and oxygen atoms in total. The molecule has 1 aromatic heterocycles. The lowest BCUT2D eigenvalue weighted by molar-refractivity contribution is -0.155. The Labute approximate surface area is 219 Å². The molecule has 0 unspecified atom stereocenters. The number of aryl methyl sites for hydroxylation is 1. The molecule has 0 saturated carbocycles. The molecule has 0 N–H and O–H groups in total. The summed E-state index contributed by atoms with van der Waals surface area (Å²) in [6.45, 7) is 12.5. The van der Waals surface area contributed by atoms with Crippen molar-refractivity contribution in [1.29, 1.82) is 0 Å². The van der Waals surface area contributed by atoms with Gasteiger partial charge < -0.3 is 23.8 Å². The summed E-state index contributed by atoms with van der Waals surface area (Å²) in [6, 6.07) is 6.27. The van der Waals surface area contributed by atoms with E-state index in [0.29, 0.717) is 26.2 Å². The highest BCUT2D eigenvalue weighted by Gasteiger charge is 2.43. The third kappa shape index (κ3) is 7.13. The first-order chi connectivity index (χ1) is 17.3. The maximum Gasteiger partial charge on any atom is 0.307 e. The van der Waals surface area contributed by atoms with Crippen molar-refractivity contribution in [1.82, 2.24) is 9.88 Å². The van der Waals surface area contributed by atoms with Crippen LogP contribution in [0.4, 0.5) is 0 Å². The molecule has 1 spiro atoms. The molecule has 1 aromatic carbocycles. The van der Waals surface area contributed by atoms with Crippen molar-refractivity contribution in [2.24, 2.45) is 0 Å². The highest BCUT2D eigenvalue weighted by atomic mass is 32.1. The van der Waals surface area contributed by atoms with Gasteiger partial charge >= 0.3 is 5.97 Å². The van der Waals surface area contributed by atoms with Gasteiger partial charge in [-0.05, 0) is 65.6 Å². The smallest absolute Gasteiger partial charge is 0.307 e. The molecule has 0 bridgehead atoms.